The third-order valence-electron chi connectivity index (χ3n) is 6.48. The summed E-state index contributed by atoms with van der Waals surface area (Å²) in [5.41, 5.74) is 9.68. The largest absolute Gasteiger partial charge is 0.369 e. The summed E-state index contributed by atoms with van der Waals surface area (Å²) in [4.78, 5) is 19.7. The molecule has 2 aliphatic rings. The van der Waals surface area contributed by atoms with Crippen LogP contribution in [0.3, 0.4) is 0 Å². The van der Waals surface area contributed by atoms with E-state index in [9.17, 15) is 4.79 Å². The molecule has 1 aromatic heterocycles. The van der Waals surface area contributed by atoms with Crippen LogP contribution < -0.4 is 5.73 Å². The van der Waals surface area contributed by atoms with Gasteiger partial charge in [-0.05, 0) is 54.5 Å². The minimum Gasteiger partial charge on any atom is -0.369 e. The van der Waals surface area contributed by atoms with E-state index in [1.54, 1.807) is 7.05 Å². The third-order valence-corrected chi connectivity index (χ3v) is 6.48. The van der Waals surface area contributed by atoms with E-state index in [0.717, 1.165) is 22.0 Å². The van der Waals surface area contributed by atoms with E-state index in [2.05, 4.69) is 35.4 Å². The van der Waals surface area contributed by atoms with Crippen LogP contribution in [0.2, 0.25) is 0 Å². The fourth-order valence-corrected chi connectivity index (χ4v) is 4.48. The Hall–Kier alpha value is -3.15. The first kappa shape index (κ1) is 17.9. The number of aromatic nitrogens is 2. The Kier molecular flexibility index (Phi) is 3.81. The minimum absolute atomic E-state index is 0.0366. The molecule has 148 valence electrons. The Morgan fingerprint density at radius 1 is 1.07 bits per heavy atom. The number of benzene rings is 2. The normalized spacial score (nSPS) is 24.8. The van der Waals surface area contributed by atoms with Crippen LogP contribution in [0.25, 0.3) is 10.9 Å². The molecule has 1 fully saturated rings. The van der Waals surface area contributed by atoms with Gasteiger partial charge in [0.25, 0.3) is 0 Å². The Morgan fingerprint density at radius 3 is 2.45 bits per heavy atom. The molecule has 0 radical (unpaired) electrons. The number of nitrogens with two attached hydrogens (primary N) is 1. The predicted octanol–water partition coefficient (Wildman–Crippen LogP) is 3.24. The van der Waals surface area contributed by atoms with Crippen LogP contribution in [0.4, 0.5) is 0 Å². The number of aryl methyl sites for hydroxylation is 1. The molecule has 0 bridgehead atoms. The van der Waals surface area contributed by atoms with Crippen molar-refractivity contribution < 1.29 is 4.79 Å². The molecule has 6 nitrogen and oxygen atoms in total. The molecule has 2 atom stereocenters. The number of carbonyl (C=O) groups is 1. The summed E-state index contributed by atoms with van der Waals surface area (Å²) in [5, 5.41) is 5.36. The summed E-state index contributed by atoms with van der Waals surface area (Å²) in [7, 11) is 3.61. The molecular formula is C23H25N5O. The number of guanidine groups is 1. The van der Waals surface area contributed by atoms with Gasteiger partial charge in [-0.3, -0.25) is 14.4 Å². The van der Waals surface area contributed by atoms with Crippen molar-refractivity contribution in [2.45, 2.75) is 37.1 Å². The van der Waals surface area contributed by atoms with Crippen molar-refractivity contribution in [1.82, 2.24) is 14.7 Å². The van der Waals surface area contributed by atoms with Gasteiger partial charge in [0.1, 0.15) is 5.54 Å². The zero-order chi connectivity index (χ0) is 20.3. The van der Waals surface area contributed by atoms with Crippen LogP contribution >= 0.6 is 0 Å². The van der Waals surface area contributed by atoms with Crippen LogP contribution in [0.1, 0.15) is 48.3 Å². The van der Waals surface area contributed by atoms with Crippen LogP contribution in [-0.4, -0.2) is 33.6 Å². The molecule has 0 unspecified atom stereocenters. The van der Waals surface area contributed by atoms with Gasteiger partial charge in [0.2, 0.25) is 5.91 Å². The number of carbonyl (C=O) groups excluding carboxylic acids is 1. The molecule has 1 aliphatic carbocycles. The van der Waals surface area contributed by atoms with Gasteiger partial charge in [0.15, 0.2) is 5.96 Å². The highest BCUT2D eigenvalue weighted by atomic mass is 16.2. The number of aliphatic imine (C=N–C) groups is 1. The highest BCUT2D eigenvalue weighted by Crippen LogP contribution is 2.45. The molecular weight excluding hydrogens is 362 g/mol. The van der Waals surface area contributed by atoms with Crippen LogP contribution in [0, 0.1) is 0 Å². The fourth-order valence-electron chi connectivity index (χ4n) is 4.48. The monoisotopic (exact) mass is 387 g/mol. The van der Waals surface area contributed by atoms with Crippen molar-refractivity contribution in [3.8, 4) is 0 Å². The Balaban J connectivity index is 1.65. The van der Waals surface area contributed by atoms with Crippen molar-refractivity contribution >= 4 is 22.8 Å². The minimum atomic E-state index is -0.793. The van der Waals surface area contributed by atoms with Gasteiger partial charge in [-0.15, -0.1) is 0 Å². The summed E-state index contributed by atoms with van der Waals surface area (Å²) in [6, 6.07) is 14.6. The maximum absolute atomic E-state index is 13.4. The zero-order valence-corrected chi connectivity index (χ0v) is 17.0. The SMILES string of the molecule is CN1C(=O)[C@H](c2ccc(C3CC3)cc2)[C@@](C)(c2ccc3c(cnn3C)c2)N=C1N. The summed E-state index contributed by atoms with van der Waals surface area (Å²) < 4.78 is 1.84. The van der Waals surface area contributed by atoms with Gasteiger partial charge < -0.3 is 5.73 Å². The van der Waals surface area contributed by atoms with Gasteiger partial charge in [-0.25, -0.2) is 4.99 Å². The van der Waals surface area contributed by atoms with Crippen LogP contribution in [-0.2, 0) is 17.4 Å². The topological polar surface area (TPSA) is 76.5 Å². The van der Waals surface area contributed by atoms with E-state index in [1.807, 2.05) is 37.0 Å². The molecule has 0 saturated heterocycles. The second-order valence-electron chi connectivity index (χ2n) is 8.43. The van der Waals surface area contributed by atoms with E-state index >= 15 is 0 Å². The average molecular weight is 387 g/mol. The number of hydrogen-bond acceptors (Lipinski definition) is 4. The number of nitrogens with zero attached hydrogens (tertiary/aromatic N) is 4. The molecule has 1 saturated carbocycles. The Morgan fingerprint density at radius 2 is 1.76 bits per heavy atom. The summed E-state index contributed by atoms with van der Waals surface area (Å²) in [6.07, 6.45) is 4.35. The Labute approximate surface area is 170 Å². The predicted molar refractivity (Wildman–Crippen MR) is 114 cm³/mol. The second-order valence-corrected chi connectivity index (χ2v) is 8.43. The standard InChI is InChI=1S/C23H25N5O/c1-23(18-10-11-19-17(12-18)13-25-28(19)3)20(21(29)27(2)22(24)26-23)16-8-6-15(7-9-16)14-4-5-14/h6-14,20H,4-5H2,1-3H3,(H2,24,26)/t20-,23+/m0/s1. The van der Waals surface area contributed by atoms with Crippen molar-refractivity contribution in [3.63, 3.8) is 0 Å². The lowest BCUT2D eigenvalue weighted by atomic mass is 9.74. The molecule has 29 heavy (non-hydrogen) atoms. The fraction of sp³-hybridized carbons (Fsp3) is 0.348. The summed E-state index contributed by atoms with van der Waals surface area (Å²) in [5.74, 6) is 0.448. The average Bonchev–Trinajstić information content (AvgIpc) is 3.50. The van der Waals surface area contributed by atoms with E-state index in [4.69, 9.17) is 10.7 Å². The lowest BCUT2D eigenvalue weighted by Crippen LogP contribution is -2.52. The van der Waals surface area contributed by atoms with Gasteiger partial charge in [-0.2, -0.15) is 5.10 Å². The number of hydrogen-bond donors (Lipinski definition) is 1. The second kappa shape index (κ2) is 6.17. The molecule has 1 amide bonds. The molecule has 2 N–H and O–H groups in total. The van der Waals surface area contributed by atoms with Crippen molar-refractivity contribution in [3.05, 3.63) is 65.4 Å². The molecule has 1 aliphatic heterocycles. The molecule has 6 heteroatoms. The van der Waals surface area contributed by atoms with Gasteiger partial charge in [-0.1, -0.05) is 30.3 Å². The smallest absolute Gasteiger partial charge is 0.239 e. The van der Waals surface area contributed by atoms with Gasteiger partial charge >= 0.3 is 0 Å². The van der Waals surface area contributed by atoms with Crippen LogP contribution in [0.5, 0.6) is 0 Å². The lowest BCUT2D eigenvalue weighted by Gasteiger charge is -2.41. The highest BCUT2D eigenvalue weighted by molar-refractivity contribution is 6.02. The number of likely N-dealkylation sites (N-methyl/N-ethyl adjacent to an activating group) is 1. The zero-order valence-electron chi connectivity index (χ0n) is 17.0. The summed E-state index contributed by atoms with van der Waals surface area (Å²) >= 11 is 0. The van der Waals surface area contributed by atoms with Crippen molar-refractivity contribution in [1.29, 1.82) is 0 Å². The number of fused-ring (bicyclic) bond motifs is 1. The van der Waals surface area contributed by atoms with Crippen molar-refractivity contribution in [2.75, 3.05) is 7.05 Å². The maximum Gasteiger partial charge on any atom is 0.239 e. The lowest BCUT2D eigenvalue weighted by molar-refractivity contribution is -0.130. The maximum atomic E-state index is 13.4. The van der Waals surface area contributed by atoms with Gasteiger partial charge in [0.05, 0.1) is 17.6 Å². The van der Waals surface area contributed by atoms with Crippen molar-refractivity contribution in [2.24, 2.45) is 17.8 Å². The molecule has 0 spiro atoms. The van der Waals surface area contributed by atoms with E-state index in [0.29, 0.717) is 5.92 Å². The number of rotatable bonds is 3. The molecule has 2 aromatic carbocycles. The first-order valence-corrected chi connectivity index (χ1v) is 10.0. The summed E-state index contributed by atoms with van der Waals surface area (Å²) in [6.45, 7) is 2.00. The molecule has 2 heterocycles. The first-order chi connectivity index (χ1) is 13.9. The third kappa shape index (κ3) is 2.74. The molecule has 3 aromatic rings. The number of amides is 1. The quantitative estimate of drug-likeness (QED) is 0.750. The highest BCUT2D eigenvalue weighted by Gasteiger charge is 2.47. The molecule has 5 rings (SSSR count). The van der Waals surface area contributed by atoms with Gasteiger partial charge in [0, 0.05) is 19.5 Å². The van der Waals surface area contributed by atoms with E-state index in [-0.39, 0.29) is 11.9 Å². The Bertz CT molecular complexity index is 1140. The van der Waals surface area contributed by atoms with Crippen LogP contribution in [0.15, 0.2) is 53.7 Å². The first-order valence-electron chi connectivity index (χ1n) is 10.0. The van der Waals surface area contributed by atoms with E-state index < -0.39 is 11.5 Å². The van der Waals surface area contributed by atoms with E-state index in [1.165, 1.54) is 23.3 Å².